The second-order valence-corrected chi connectivity index (χ2v) is 14.6. The van der Waals surface area contributed by atoms with Crippen molar-refractivity contribution in [2.75, 3.05) is 6.61 Å². The van der Waals surface area contributed by atoms with Crippen molar-refractivity contribution < 1.29 is 20.1 Å². The summed E-state index contributed by atoms with van der Waals surface area (Å²) in [5, 5.41) is 33.3. The summed E-state index contributed by atoms with van der Waals surface area (Å²) in [6, 6.07) is -0.711. The van der Waals surface area contributed by atoms with Crippen LogP contribution >= 0.6 is 0 Å². The first kappa shape index (κ1) is 46.8. The van der Waals surface area contributed by atoms with Gasteiger partial charge in [-0.3, -0.25) is 4.79 Å². The minimum atomic E-state index is -1.08. The Morgan fingerprint density at radius 2 is 0.833 bits per heavy atom. The van der Waals surface area contributed by atoms with Crippen LogP contribution in [0.4, 0.5) is 0 Å². The van der Waals surface area contributed by atoms with Crippen LogP contribution in [0.25, 0.3) is 0 Å². The van der Waals surface area contributed by atoms with E-state index in [0.29, 0.717) is 12.8 Å². The van der Waals surface area contributed by atoms with Gasteiger partial charge in [0.05, 0.1) is 18.8 Å². The first-order valence-corrected chi connectivity index (χ1v) is 21.2. The van der Waals surface area contributed by atoms with Crippen LogP contribution in [0.1, 0.15) is 219 Å². The fraction of sp³-hybridized carbons (Fsp3) is 0.884. The van der Waals surface area contributed by atoms with E-state index in [-0.39, 0.29) is 6.61 Å². The second-order valence-electron chi connectivity index (χ2n) is 14.6. The molecule has 0 radical (unpaired) electrons. The molecule has 0 aromatic carbocycles. The topological polar surface area (TPSA) is 89.8 Å². The van der Waals surface area contributed by atoms with Crippen molar-refractivity contribution >= 4 is 5.91 Å². The normalized spacial score (nSPS) is 13.9. The predicted molar refractivity (Wildman–Crippen MR) is 208 cm³/mol. The summed E-state index contributed by atoms with van der Waals surface area (Å²) in [6.45, 7) is 4.20. The quantitative estimate of drug-likeness (QED) is 0.0387. The van der Waals surface area contributed by atoms with Crippen molar-refractivity contribution in [2.45, 2.75) is 238 Å². The number of hydrogen-bond acceptors (Lipinski definition) is 4. The molecule has 0 aromatic rings. The fourth-order valence-corrected chi connectivity index (χ4v) is 6.48. The van der Waals surface area contributed by atoms with E-state index in [9.17, 15) is 20.1 Å². The van der Waals surface area contributed by atoms with Gasteiger partial charge in [-0.05, 0) is 38.5 Å². The van der Waals surface area contributed by atoms with E-state index in [4.69, 9.17) is 0 Å². The standard InChI is InChI=1S/C43H83NO4/c1-3-5-7-9-11-13-15-17-19-21-22-24-26-28-30-32-34-36-38-42(47)43(48)44-40(39-45)41(46)37-35-33-31-29-27-25-23-20-18-16-14-12-10-8-6-4-2/h11,13,15,17,40-42,45-47H,3-10,12,14,16,18-39H2,1-2H3,(H,44,48)/b13-11-,17-15-. The van der Waals surface area contributed by atoms with Crippen molar-refractivity contribution in [3.8, 4) is 0 Å². The summed E-state index contributed by atoms with van der Waals surface area (Å²) >= 11 is 0. The maximum Gasteiger partial charge on any atom is 0.249 e. The van der Waals surface area contributed by atoms with Gasteiger partial charge in [-0.2, -0.15) is 0 Å². The molecule has 0 fully saturated rings. The lowest BCUT2D eigenvalue weighted by Gasteiger charge is -2.23. The number of amides is 1. The molecule has 0 aromatic heterocycles. The van der Waals surface area contributed by atoms with Gasteiger partial charge in [-0.15, -0.1) is 0 Å². The van der Waals surface area contributed by atoms with E-state index in [0.717, 1.165) is 32.1 Å². The maximum atomic E-state index is 12.5. The summed E-state index contributed by atoms with van der Waals surface area (Å²) in [7, 11) is 0. The van der Waals surface area contributed by atoms with Crippen LogP contribution in [0.2, 0.25) is 0 Å². The molecule has 0 heterocycles. The molecule has 0 saturated heterocycles. The molecular formula is C43H83NO4. The number of nitrogens with one attached hydrogen (secondary N) is 1. The Bertz CT molecular complexity index is 709. The van der Waals surface area contributed by atoms with E-state index < -0.39 is 24.2 Å². The lowest BCUT2D eigenvalue weighted by molar-refractivity contribution is -0.131. The van der Waals surface area contributed by atoms with E-state index in [1.165, 1.54) is 161 Å². The molecule has 48 heavy (non-hydrogen) atoms. The molecule has 0 aliphatic carbocycles. The monoisotopic (exact) mass is 678 g/mol. The third-order valence-electron chi connectivity index (χ3n) is 9.85. The van der Waals surface area contributed by atoms with Gasteiger partial charge in [-0.1, -0.05) is 205 Å². The zero-order valence-electron chi connectivity index (χ0n) is 32.1. The summed E-state index contributed by atoms with van der Waals surface area (Å²) in [6.07, 6.45) is 45.9. The van der Waals surface area contributed by atoms with Gasteiger partial charge in [-0.25, -0.2) is 0 Å². The Balaban J connectivity index is 3.64. The zero-order chi connectivity index (χ0) is 35.2. The number of aliphatic hydroxyl groups excluding tert-OH is 3. The van der Waals surface area contributed by atoms with Gasteiger partial charge in [0, 0.05) is 0 Å². The summed E-state index contributed by atoms with van der Waals surface area (Å²) < 4.78 is 0. The van der Waals surface area contributed by atoms with Crippen molar-refractivity contribution in [3.63, 3.8) is 0 Å². The zero-order valence-corrected chi connectivity index (χ0v) is 32.1. The van der Waals surface area contributed by atoms with Crippen molar-refractivity contribution in [3.05, 3.63) is 24.3 Å². The highest BCUT2D eigenvalue weighted by Crippen LogP contribution is 2.16. The van der Waals surface area contributed by atoms with Gasteiger partial charge < -0.3 is 20.6 Å². The third-order valence-corrected chi connectivity index (χ3v) is 9.85. The molecule has 0 saturated carbocycles. The Kier molecular flexibility index (Phi) is 37.7. The third kappa shape index (κ3) is 33.3. The van der Waals surface area contributed by atoms with Crippen LogP contribution in [-0.2, 0) is 4.79 Å². The lowest BCUT2D eigenvalue weighted by Crippen LogP contribution is -2.49. The number of carbonyl (C=O) groups excluding carboxylic acids is 1. The molecule has 1 amide bonds. The Morgan fingerprint density at radius 3 is 1.25 bits per heavy atom. The molecule has 0 rings (SSSR count). The highest BCUT2D eigenvalue weighted by Gasteiger charge is 2.23. The lowest BCUT2D eigenvalue weighted by atomic mass is 10.0. The van der Waals surface area contributed by atoms with Gasteiger partial charge in [0.1, 0.15) is 6.10 Å². The van der Waals surface area contributed by atoms with Crippen LogP contribution in [0.15, 0.2) is 24.3 Å². The summed E-state index contributed by atoms with van der Waals surface area (Å²) in [4.78, 5) is 12.5. The first-order valence-electron chi connectivity index (χ1n) is 21.2. The average molecular weight is 678 g/mol. The largest absolute Gasteiger partial charge is 0.394 e. The minimum absolute atomic E-state index is 0.314. The number of unbranched alkanes of at least 4 members (excludes halogenated alkanes) is 27. The Hall–Kier alpha value is -1.17. The molecule has 0 bridgehead atoms. The first-order chi connectivity index (χ1) is 23.6. The molecule has 0 spiro atoms. The average Bonchev–Trinajstić information content (AvgIpc) is 3.09. The van der Waals surface area contributed by atoms with Crippen molar-refractivity contribution in [1.82, 2.24) is 5.32 Å². The summed E-state index contributed by atoms with van der Waals surface area (Å²) in [5.41, 5.74) is 0. The molecule has 3 unspecified atom stereocenters. The van der Waals surface area contributed by atoms with E-state index in [1.54, 1.807) is 0 Å². The Morgan fingerprint density at radius 1 is 0.500 bits per heavy atom. The highest BCUT2D eigenvalue weighted by atomic mass is 16.3. The molecule has 0 aliphatic heterocycles. The number of rotatable bonds is 38. The SMILES string of the molecule is CCCCC/C=C\C=C/CCCCCCCCCCCC(O)C(=O)NC(CO)C(O)CCCCCCCCCCCCCCCCCC. The number of carbonyl (C=O) groups is 1. The molecular weight excluding hydrogens is 594 g/mol. The van der Waals surface area contributed by atoms with Crippen molar-refractivity contribution in [1.29, 1.82) is 0 Å². The van der Waals surface area contributed by atoms with Gasteiger partial charge in [0.15, 0.2) is 0 Å². The van der Waals surface area contributed by atoms with Crippen LogP contribution in [0.3, 0.4) is 0 Å². The Labute approximate surface area is 299 Å². The molecule has 5 heteroatoms. The maximum absolute atomic E-state index is 12.5. The predicted octanol–water partition coefficient (Wildman–Crippen LogP) is 11.8. The molecule has 3 atom stereocenters. The number of allylic oxidation sites excluding steroid dienone is 4. The van der Waals surface area contributed by atoms with Crippen LogP contribution in [0.5, 0.6) is 0 Å². The smallest absolute Gasteiger partial charge is 0.249 e. The van der Waals surface area contributed by atoms with Gasteiger partial charge in [0.25, 0.3) is 0 Å². The van der Waals surface area contributed by atoms with Crippen molar-refractivity contribution in [2.24, 2.45) is 0 Å². The number of aliphatic hydroxyl groups is 3. The van der Waals surface area contributed by atoms with Crippen LogP contribution in [-0.4, -0.2) is 46.1 Å². The minimum Gasteiger partial charge on any atom is -0.394 e. The van der Waals surface area contributed by atoms with Crippen LogP contribution < -0.4 is 5.32 Å². The van der Waals surface area contributed by atoms with Gasteiger partial charge >= 0.3 is 0 Å². The van der Waals surface area contributed by atoms with Crippen LogP contribution in [0, 0.1) is 0 Å². The van der Waals surface area contributed by atoms with Gasteiger partial charge in [0.2, 0.25) is 5.91 Å². The fourth-order valence-electron chi connectivity index (χ4n) is 6.48. The van der Waals surface area contributed by atoms with E-state index >= 15 is 0 Å². The molecule has 284 valence electrons. The molecule has 0 aliphatic rings. The number of hydrogen-bond donors (Lipinski definition) is 4. The molecule has 5 nitrogen and oxygen atoms in total. The highest BCUT2D eigenvalue weighted by molar-refractivity contribution is 5.80. The van der Waals surface area contributed by atoms with E-state index in [2.05, 4.69) is 43.5 Å². The van der Waals surface area contributed by atoms with E-state index in [1.807, 2.05) is 0 Å². The summed E-state index contributed by atoms with van der Waals surface area (Å²) in [5.74, 6) is -0.474. The molecule has 4 N–H and O–H groups in total. The second kappa shape index (κ2) is 38.6.